The van der Waals surface area contributed by atoms with E-state index in [1.165, 1.54) is 4.31 Å². The Morgan fingerprint density at radius 1 is 1.55 bits per heavy atom. The fourth-order valence-electron chi connectivity index (χ4n) is 1.05. The van der Waals surface area contributed by atoms with Crippen LogP contribution in [0.15, 0.2) is 0 Å². The monoisotopic (exact) mass is 241 g/mol. The van der Waals surface area contributed by atoms with Crippen LogP contribution in [0.3, 0.4) is 0 Å². The highest BCUT2D eigenvalue weighted by atomic mass is 79.9. The summed E-state index contributed by atoms with van der Waals surface area (Å²) in [5.74, 6) is 0. The lowest BCUT2D eigenvalue weighted by Crippen LogP contribution is -2.41. The second-order valence-electron chi connectivity index (χ2n) is 2.82. The molecule has 1 aliphatic carbocycles. The molecule has 0 atom stereocenters. The second kappa shape index (κ2) is 3.41. The van der Waals surface area contributed by atoms with Gasteiger partial charge in [-0.2, -0.15) is 0 Å². The first kappa shape index (κ1) is 9.48. The van der Waals surface area contributed by atoms with Gasteiger partial charge < -0.3 is 0 Å². The maximum absolute atomic E-state index is 11.2. The number of sulfonamides is 1. The van der Waals surface area contributed by atoms with Crippen LogP contribution < -0.4 is 0 Å². The van der Waals surface area contributed by atoms with E-state index in [1.807, 2.05) is 0 Å². The number of halogens is 1. The zero-order chi connectivity index (χ0) is 8.48. The van der Waals surface area contributed by atoms with Crippen LogP contribution in [0.4, 0.5) is 0 Å². The standard InChI is InChI=1S/C6H12BrNO2S/c1-8(6-3-2-4-6)11(9,10)5-7/h6H,2-5H2,1H3. The summed E-state index contributed by atoms with van der Waals surface area (Å²) in [5.41, 5.74) is 0. The van der Waals surface area contributed by atoms with Crippen molar-refractivity contribution in [2.75, 3.05) is 11.7 Å². The molecule has 66 valence electrons. The summed E-state index contributed by atoms with van der Waals surface area (Å²) in [4.78, 5) is 0. The molecule has 5 heteroatoms. The molecule has 11 heavy (non-hydrogen) atoms. The Morgan fingerprint density at radius 3 is 2.36 bits per heavy atom. The highest BCUT2D eigenvalue weighted by Crippen LogP contribution is 2.25. The minimum Gasteiger partial charge on any atom is -0.211 e. The smallest absolute Gasteiger partial charge is 0.211 e. The molecule has 1 aliphatic rings. The zero-order valence-corrected chi connectivity index (χ0v) is 8.86. The van der Waals surface area contributed by atoms with E-state index < -0.39 is 10.0 Å². The van der Waals surface area contributed by atoms with Crippen molar-refractivity contribution in [3.05, 3.63) is 0 Å². The van der Waals surface area contributed by atoms with Crippen LogP contribution in [-0.4, -0.2) is 30.5 Å². The first-order valence-corrected chi connectivity index (χ1v) is 6.32. The molecule has 0 radical (unpaired) electrons. The van der Waals surface area contributed by atoms with Crippen LogP contribution >= 0.6 is 15.9 Å². The summed E-state index contributed by atoms with van der Waals surface area (Å²) in [5, 5.41) is 0. The molecule has 0 aromatic carbocycles. The Labute approximate surface area is 75.9 Å². The van der Waals surface area contributed by atoms with E-state index in [4.69, 9.17) is 0 Å². The topological polar surface area (TPSA) is 37.4 Å². The third-order valence-electron chi connectivity index (χ3n) is 2.17. The number of rotatable bonds is 3. The molecule has 1 rings (SSSR count). The van der Waals surface area contributed by atoms with Gasteiger partial charge in [-0.1, -0.05) is 22.4 Å². The lowest BCUT2D eigenvalue weighted by atomic mass is 9.94. The third-order valence-corrected chi connectivity index (χ3v) is 5.35. The Balaban J connectivity index is 2.59. The van der Waals surface area contributed by atoms with Gasteiger partial charge in [0, 0.05) is 13.1 Å². The van der Waals surface area contributed by atoms with Crippen LogP contribution in [0.1, 0.15) is 19.3 Å². The molecule has 0 spiro atoms. The van der Waals surface area contributed by atoms with Gasteiger partial charge in [-0.25, -0.2) is 12.7 Å². The number of hydrogen-bond donors (Lipinski definition) is 0. The zero-order valence-electron chi connectivity index (χ0n) is 6.46. The van der Waals surface area contributed by atoms with Gasteiger partial charge in [-0.15, -0.1) is 0 Å². The number of alkyl halides is 1. The van der Waals surface area contributed by atoms with Crippen molar-refractivity contribution in [1.82, 2.24) is 4.31 Å². The molecule has 1 saturated carbocycles. The van der Waals surface area contributed by atoms with Gasteiger partial charge in [0.25, 0.3) is 0 Å². The molecule has 0 aliphatic heterocycles. The van der Waals surface area contributed by atoms with E-state index in [1.54, 1.807) is 7.05 Å². The molecule has 0 N–H and O–H groups in total. The molecule has 0 aromatic heterocycles. The van der Waals surface area contributed by atoms with Crippen LogP contribution in [0.2, 0.25) is 0 Å². The molecule has 1 fully saturated rings. The normalized spacial score (nSPS) is 20.3. The van der Waals surface area contributed by atoms with Gasteiger partial charge in [0.15, 0.2) is 0 Å². The van der Waals surface area contributed by atoms with Crippen LogP contribution in [-0.2, 0) is 10.0 Å². The van der Waals surface area contributed by atoms with Crippen molar-refractivity contribution in [3.63, 3.8) is 0 Å². The minimum atomic E-state index is -3.01. The van der Waals surface area contributed by atoms with Gasteiger partial charge in [0.2, 0.25) is 10.0 Å². The highest BCUT2D eigenvalue weighted by Gasteiger charge is 2.29. The molecule has 0 unspecified atom stereocenters. The summed E-state index contributed by atoms with van der Waals surface area (Å²) < 4.78 is 23.9. The van der Waals surface area contributed by atoms with E-state index in [9.17, 15) is 8.42 Å². The van der Waals surface area contributed by atoms with Crippen molar-refractivity contribution in [2.45, 2.75) is 25.3 Å². The van der Waals surface area contributed by atoms with E-state index >= 15 is 0 Å². The van der Waals surface area contributed by atoms with Crippen LogP contribution in [0, 0.1) is 0 Å². The molecular weight excluding hydrogens is 230 g/mol. The fourth-order valence-corrected chi connectivity index (χ4v) is 2.84. The van der Waals surface area contributed by atoms with Crippen LogP contribution in [0.5, 0.6) is 0 Å². The van der Waals surface area contributed by atoms with Crippen molar-refractivity contribution < 1.29 is 8.42 Å². The first-order chi connectivity index (χ1) is 5.08. The fraction of sp³-hybridized carbons (Fsp3) is 1.00. The average Bonchev–Trinajstić information content (AvgIpc) is 1.84. The van der Waals surface area contributed by atoms with Gasteiger partial charge >= 0.3 is 0 Å². The van der Waals surface area contributed by atoms with Crippen molar-refractivity contribution >= 4 is 26.0 Å². The van der Waals surface area contributed by atoms with E-state index in [-0.39, 0.29) is 10.7 Å². The molecule has 0 bridgehead atoms. The number of nitrogens with zero attached hydrogens (tertiary/aromatic N) is 1. The lowest BCUT2D eigenvalue weighted by Gasteiger charge is -2.33. The molecule has 0 amide bonds. The summed E-state index contributed by atoms with van der Waals surface area (Å²) in [7, 11) is -1.36. The van der Waals surface area contributed by atoms with Gasteiger partial charge in [0.05, 0.1) is 0 Å². The molecule has 0 aromatic rings. The Kier molecular flexibility index (Phi) is 2.94. The molecule has 0 heterocycles. The quantitative estimate of drug-likeness (QED) is 0.696. The van der Waals surface area contributed by atoms with Gasteiger partial charge in [-0.3, -0.25) is 0 Å². The maximum Gasteiger partial charge on any atom is 0.224 e. The second-order valence-corrected chi connectivity index (χ2v) is 6.15. The summed E-state index contributed by atoms with van der Waals surface area (Å²) >= 11 is 2.96. The first-order valence-electron chi connectivity index (χ1n) is 3.59. The van der Waals surface area contributed by atoms with Crippen molar-refractivity contribution in [1.29, 1.82) is 0 Å². The van der Waals surface area contributed by atoms with Gasteiger partial charge in [0.1, 0.15) is 4.66 Å². The van der Waals surface area contributed by atoms with Crippen molar-refractivity contribution in [2.24, 2.45) is 0 Å². The van der Waals surface area contributed by atoms with Crippen LogP contribution in [0.25, 0.3) is 0 Å². The van der Waals surface area contributed by atoms with Gasteiger partial charge in [-0.05, 0) is 12.8 Å². The van der Waals surface area contributed by atoms with E-state index in [0.717, 1.165) is 19.3 Å². The van der Waals surface area contributed by atoms with Crippen molar-refractivity contribution in [3.8, 4) is 0 Å². The molecular formula is C6H12BrNO2S. The number of hydrogen-bond acceptors (Lipinski definition) is 2. The predicted molar refractivity (Wildman–Crippen MR) is 48.1 cm³/mol. The Hall–Kier alpha value is 0.390. The average molecular weight is 242 g/mol. The SMILES string of the molecule is CN(C1CCC1)S(=O)(=O)CBr. The Morgan fingerprint density at radius 2 is 2.09 bits per heavy atom. The van der Waals surface area contributed by atoms with E-state index in [2.05, 4.69) is 15.9 Å². The van der Waals surface area contributed by atoms with E-state index in [0.29, 0.717) is 0 Å². The Bertz CT molecular complexity index is 223. The lowest BCUT2D eigenvalue weighted by molar-refractivity contribution is 0.251. The largest absolute Gasteiger partial charge is 0.224 e. The predicted octanol–water partition coefficient (Wildman–Crippen LogP) is 1.15. The molecule has 3 nitrogen and oxygen atoms in total. The minimum absolute atomic E-state index is 0.0347. The summed E-state index contributed by atoms with van der Waals surface area (Å²) in [6, 6.07) is 0.262. The molecule has 0 saturated heterocycles. The summed E-state index contributed by atoms with van der Waals surface area (Å²) in [6.07, 6.45) is 3.19. The third kappa shape index (κ3) is 1.95. The maximum atomic E-state index is 11.2. The highest BCUT2D eigenvalue weighted by molar-refractivity contribution is 9.10. The summed E-state index contributed by atoms with van der Waals surface area (Å²) in [6.45, 7) is 0.